The number of benzene rings is 3. The van der Waals surface area contributed by atoms with E-state index in [0.29, 0.717) is 25.2 Å². The van der Waals surface area contributed by atoms with Crippen LogP contribution in [0.2, 0.25) is 0 Å². The van der Waals surface area contributed by atoms with E-state index in [4.69, 9.17) is 0 Å². The lowest BCUT2D eigenvalue weighted by molar-refractivity contribution is -0.122. The first-order valence-electron chi connectivity index (χ1n) is 10.7. The molecule has 1 aliphatic heterocycles. The third-order valence-corrected chi connectivity index (χ3v) is 7.39. The molecule has 1 aliphatic rings. The number of para-hydroxylation sites is 1. The van der Waals surface area contributed by atoms with E-state index in [1.165, 1.54) is 28.6 Å². The van der Waals surface area contributed by atoms with E-state index in [1.54, 1.807) is 19.1 Å². The summed E-state index contributed by atoms with van der Waals surface area (Å²) in [4.78, 5) is 25.1. The van der Waals surface area contributed by atoms with Gasteiger partial charge < -0.3 is 10.6 Å². The van der Waals surface area contributed by atoms with Gasteiger partial charge in [0.05, 0.1) is 10.6 Å². The Hall–Kier alpha value is -3.65. The molecule has 0 saturated carbocycles. The Morgan fingerprint density at radius 1 is 0.970 bits per heavy atom. The van der Waals surface area contributed by atoms with Crippen LogP contribution in [0.3, 0.4) is 0 Å². The standard InChI is InChI=1S/C25H25N3O4S/c1-18(24(29)26-17-19-8-3-2-4-9-19)27-25(30)21-11-7-12-22(16-21)33(31,32)28-15-14-20-10-5-6-13-23(20)28/h2-13,16,18H,14-15,17H2,1H3,(H,26,29)(H,27,30). The molecule has 3 aromatic rings. The first kappa shape index (κ1) is 22.5. The van der Waals surface area contributed by atoms with Crippen molar-refractivity contribution in [3.63, 3.8) is 0 Å². The van der Waals surface area contributed by atoms with E-state index in [9.17, 15) is 18.0 Å². The number of fused-ring (bicyclic) bond motifs is 1. The average molecular weight is 464 g/mol. The van der Waals surface area contributed by atoms with Gasteiger partial charge in [0.1, 0.15) is 6.04 Å². The fraction of sp³-hybridized carbons (Fsp3) is 0.200. The number of hydrogen-bond donors (Lipinski definition) is 2. The van der Waals surface area contributed by atoms with Gasteiger partial charge in [0.15, 0.2) is 0 Å². The van der Waals surface area contributed by atoms with Crippen molar-refractivity contribution in [1.82, 2.24) is 10.6 Å². The van der Waals surface area contributed by atoms with Crippen LogP contribution in [0.15, 0.2) is 83.8 Å². The van der Waals surface area contributed by atoms with E-state index in [-0.39, 0.29) is 16.4 Å². The molecule has 33 heavy (non-hydrogen) atoms. The fourth-order valence-electron chi connectivity index (χ4n) is 3.77. The van der Waals surface area contributed by atoms with E-state index < -0.39 is 22.0 Å². The van der Waals surface area contributed by atoms with Gasteiger partial charge in [0, 0.05) is 18.7 Å². The Morgan fingerprint density at radius 2 is 1.70 bits per heavy atom. The molecule has 0 saturated heterocycles. The predicted molar refractivity (Wildman–Crippen MR) is 126 cm³/mol. The Labute approximate surface area is 193 Å². The molecule has 0 aromatic heterocycles. The molecule has 0 bridgehead atoms. The molecule has 0 radical (unpaired) electrons. The number of anilines is 1. The highest BCUT2D eigenvalue weighted by Crippen LogP contribution is 2.32. The molecular weight excluding hydrogens is 438 g/mol. The van der Waals surface area contributed by atoms with E-state index in [2.05, 4.69) is 10.6 Å². The van der Waals surface area contributed by atoms with Crippen molar-refractivity contribution in [2.75, 3.05) is 10.8 Å². The summed E-state index contributed by atoms with van der Waals surface area (Å²) in [6.07, 6.45) is 0.644. The minimum Gasteiger partial charge on any atom is -0.350 e. The van der Waals surface area contributed by atoms with Crippen molar-refractivity contribution in [1.29, 1.82) is 0 Å². The Kier molecular flexibility index (Phi) is 6.46. The topological polar surface area (TPSA) is 95.6 Å². The highest BCUT2D eigenvalue weighted by atomic mass is 32.2. The molecule has 1 heterocycles. The zero-order chi connectivity index (χ0) is 23.4. The molecular formula is C25H25N3O4S. The Balaban J connectivity index is 1.44. The van der Waals surface area contributed by atoms with Crippen molar-refractivity contribution >= 4 is 27.5 Å². The molecule has 2 N–H and O–H groups in total. The van der Waals surface area contributed by atoms with Crippen molar-refractivity contribution in [3.8, 4) is 0 Å². The van der Waals surface area contributed by atoms with Crippen LogP contribution in [0.1, 0.15) is 28.4 Å². The predicted octanol–water partition coefficient (Wildman–Crippen LogP) is 2.87. The van der Waals surface area contributed by atoms with Gasteiger partial charge in [-0.1, -0.05) is 54.6 Å². The molecule has 1 atom stereocenters. The molecule has 170 valence electrons. The van der Waals surface area contributed by atoms with Crippen LogP contribution < -0.4 is 14.9 Å². The molecule has 0 aliphatic carbocycles. The van der Waals surface area contributed by atoms with Gasteiger partial charge in [-0.05, 0) is 48.7 Å². The summed E-state index contributed by atoms with van der Waals surface area (Å²) in [5.41, 5.74) is 2.76. The van der Waals surface area contributed by atoms with Gasteiger partial charge in [-0.3, -0.25) is 13.9 Å². The first-order chi connectivity index (χ1) is 15.9. The van der Waals surface area contributed by atoms with Crippen molar-refractivity contribution < 1.29 is 18.0 Å². The van der Waals surface area contributed by atoms with Crippen molar-refractivity contribution in [2.24, 2.45) is 0 Å². The molecule has 3 aromatic carbocycles. The molecule has 1 unspecified atom stereocenters. The second kappa shape index (κ2) is 9.46. The van der Waals surface area contributed by atoms with Gasteiger partial charge in [-0.25, -0.2) is 8.42 Å². The zero-order valence-corrected chi connectivity index (χ0v) is 19.0. The highest BCUT2D eigenvalue weighted by Gasteiger charge is 2.31. The number of nitrogens with one attached hydrogen (secondary N) is 2. The third-order valence-electron chi connectivity index (χ3n) is 5.58. The number of sulfonamides is 1. The van der Waals surface area contributed by atoms with Gasteiger partial charge in [-0.15, -0.1) is 0 Å². The molecule has 0 spiro atoms. The van der Waals surface area contributed by atoms with E-state index in [0.717, 1.165) is 11.1 Å². The molecule has 7 nitrogen and oxygen atoms in total. The summed E-state index contributed by atoms with van der Waals surface area (Å²) < 4.78 is 27.9. The summed E-state index contributed by atoms with van der Waals surface area (Å²) >= 11 is 0. The fourth-order valence-corrected chi connectivity index (χ4v) is 5.32. The largest absolute Gasteiger partial charge is 0.350 e. The summed E-state index contributed by atoms with van der Waals surface area (Å²) in [7, 11) is -3.82. The number of nitrogens with zero attached hydrogens (tertiary/aromatic N) is 1. The molecule has 0 fully saturated rings. The first-order valence-corrected chi connectivity index (χ1v) is 12.1. The Morgan fingerprint density at radius 3 is 2.48 bits per heavy atom. The maximum atomic E-state index is 13.3. The van der Waals surface area contributed by atoms with Crippen LogP contribution in [0.5, 0.6) is 0 Å². The average Bonchev–Trinajstić information content (AvgIpc) is 3.28. The second-order valence-corrected chi connectivity index (χ2v) is 9.74. The third kappa shape index (κ3) is 4.90. The summed E-state index contributed by atoms with van der Waals surface area (Å²) in [5.74, 6) is -0.846. The number of amides is 2. The number of hydrogen-bond acceptors (Lipinski definition) is 4. The Bertz CT molecular complexity index is 1280. The van der Waals surface area contributed by atoms with E-state index >= 15 is 0 Å². The minimum atomic E-state index is -3.82. The van der Waals surface area contributed by atoms with Gasteiger partial charge in [0.25, 0.3) is 15.9 Å². The van der Waals surface area contributed by atoms with Gasteiger partial charge >= 0.3 is 0 Å². The van der Waals surface area contributed by atoms with Crippen LogP contribution in [0.4, 0.5) is 5.69 Å². The summed E-state index contributed by atoms with van der Waals surface area (Å²) in [5, 5.41) is 5.42. The van der Waals surface area contributed by atoms with E-state index in [1.807, 2.05) is 42.5 Å². The summed E-state index contributed by atoms with van der Waals surface area (Å²) in [6, 6.07) is 21.9. The maximum absolute atomic E-state index is 13.3. The maximum Gasteiger partial charge on any atom is 0.264 e. The lowest BCUT2D eigenvalue weighted by atomic mass is 10.2. The summed E-state index contributed by atoms with van der Waals surface area (Å²) in [6.45, 7) is 2.29. The number of rotatable bonds is 7. The number of carbonyl (C=O) groups excluding carboxylic acids is 2. The molecule has 2 amide bonds. The minimum absolute atomic E-state index is 0.0352. The lowest BCUT2D eigenvalue weighted by Crippen LogP contribution is -2.44. The highest BCUT2D eigenvalue weighted by molar-refractivity contribution is 7.92. The molecule has 4 rings (SSSR count). The second-order valence-electron chi connectivity index (χ2n) is 7.88. The van der Waals surface area contributed by atoms with Gasteiger partial charge in [-0.2, -0.15) is 0 Å². The SMILES string of the molecule is CC(NC(=O)c1cccc(S(=O)(=O)N2CCc3ccccc32)c1)C(=O)NCc1ccccc1. The quantitative estimate of drug-likeness (QED) is 0.563. The van der Waals surface area contributed by atoms with Crippen LogP contribution in [0, 0.1) is 0 Å². The van der Waals surface area contributed by atoms with Crippen molar-refractivity contribution in [3.05, 3.63) is 95.6 Å². The normalized spacial score (nSPS) is 13.8. The van der Waals surface area contributed by atoms with Gasteiger partial charge in [0.2, 0.25) is 5.91 Å². The molecule has 8 heteroatoms. The zero-order valence-electron chi connectivity index (χ0n) is 18.2. The van der Waals surface area contributed by atoms with Crippen LogP contribution >= 0.6 is 0 Å². The monoisotopic (exact) mass is 463 g/mol. The van der Waals surface area contributed by atoms with Crippen LogP contribution in [0.25, 0.3) is 0 Å². The van der Waals surface area contributed by atoms with Crippen LogP contribution in [-0.2, 0) is 27.8 Å². The van der Waals surface area contributed by atoms with Crippen molar-refractivity contribution in [2.45, 2.75) is 30.8 Å². The number of carbonyl (C=O) groups is 2. The van der Waals surface area contributed by atoms with Crippen LogP contribution in [-0.4, -0.2) is 32.8 Å². The lowest BCUT2D eigenvalue weighted by Gasteiger charge is -2.20. The smallest absolute Gasteiger partial charge is 0.264 e.